The first kappa shape index (κ1) is 14.4. The van der Waals surface area contributed by atoms with E-state index < -0.39 is 0 Å². The van der Waals surface area contributed by atoms with Gasteiger partial charge >= 0.3 is 0 Å². The van der Waals surface area contributed by atoms with Gasteiger partial charge in [0.25, 0.3) is 0 Å². The van der Waals surface area contributed by atoms with Crippen LogP contribution < -0.4 is 5.32 Å². The van der Waals surface area contributed by atoms with Gasteiger partial charge in [-0.15, -0.1) is 17.9 Å². The zero-order chi connectivity index (χ0) is 12.7. The molecule has 96 valence electrons. The van der Waals surface area contributed by atoms with Crippen LogP contribution in [0.3, 0.4) is 0 Å². The standard InChI is InChI=1S/C13H23N3S/c1-5-7-16(6-2)9-12-10-17-13(15-12)8-14-11(3)4/h5,10-11,14H,1,6-9H2,2-4H3. The van der Waals surface area contributed by atoms with E-state index in [1.807, 2.05) is 6.08 Å². The Bertz CT molecular complexity index is 333. The minimum atomic E-state index is 0.509. The van der Waals surface area contributed by atoms with Crippen LogP contribution in [0.2, 0.25) is 0 Å². The molecule has 0 saturated heterocycles. The third-order valence-corrected chi connectivity index (χ3v) is 3.38. The average molecular weight is 253 g/mol. The largest absolute Gasteiger partial charge is 0.308 e. The zero-order valence-corrected chi connectivity index (χ0v) is 11.9. The zero-order valence-electron chi connectivity index (χ0n) is 11.1. The van der Waals surface area contributed by atoms with E-state index in [0.717, 1.165) is 26.2 Å². The van der Waals surface area contributed by atoms with Gasteiger partial charge in [-0.3, -0.25) is 4.90 Å². The van der Waals surface area contributed by atoms with Crippen LogP contribution in [0.25, 0.3) is 0 Å². The molecular formula is C13H23N3S. The van der Waals surface area contributed by atoms with Crippen molar-refractivity contribution in [3.05, 3.63) is 28.7 Å². The molecular weight excluding hydrogens is 230 g/mol. The number of rotatable bonds is 8. The Morgan fingerprint density at radius 1 is 1.59 bits per heavy atom. The van der Waals surface area contributed by atoms with Crippen molar-refractivity contribution in [1.29, 1.82) is 0 Å². The predicted octanol–water partition coefficient (Wildman–Crippen LogP) is 2.65. The van der Waals surface area contributed by atoms with E-state index in [0.29, 0.717) is 6.04 Å². The number of thiazole rings is 1. The van der Waals surface area contributed by atoms with Gasteiger partial charge in [0.05, 0.1) is 5.69 Å². The Labute approximate surface area is 109 Å². The summed E-state index contributed by atoms with van der Waals surface area (Å²) in [6, 6.07) is 0.509. The molecule has 0 amide bonds. The molecule has 0 aliphatic rings. The van der Waals surface area contributed by atoms with Crippen molar-refractivity contribution in [1.82, 2.24) is 15.2 Å². The fourth-order valence-corrected chi connectivity index (χ4v) is 2.25. The van der Waals surface area contributed by atoms with Gasteiger partial charge in [0, 0.05) is 31.1 Å². The highest BCUT2D eigenvalue weighted by Crippen LogP contribution is 2.11. The van der Waals surface area contributed by atoms with Crippen LogP contribution in [0, 0.1) is 0 Å². The molecule has 0 unspecified atom stereocenters. The molecule has 0 bridgehead atoms. The van der Waals surface area contributed by atoms with E-state index in [2.05, 4.69) is 47.9 Å². The molecule has 0 spiro atoms. The summed E-state index contributed by atoms with van der Waals surface area (Å²) in [5.74, 6) is 0. The summed E-state index contributed by atoms with van der Waals surface area (Å²) < 4.78 is 0. The first-order chi connectivity index (χ1) is 8.15. The molecule has 1 heterocycles. The van der Waals surface area contributed by atoms with Gasteiger partial charge < -0.3 is 5.32 Å². The molecule has 1 aromatic rings. The highest BCUT2D eigenvalue weighted by molar-refractivity contribution is 7.09. The van der Waals surface area contributed by atoms with Crippen molar-refractivity contribution in [2.75, 3.05) is 13.1 Å². The number of hydrogen-bond donors (Lipinski definition) is 1. The molecule has 1 N–H and O–H groups in total. The van der Waals surface area contributed by atoms with Gasteiger partial charge in [-0.2, -0.15) is 0 Å². The molecule has 3 nitrogen and oxygen atoms in total. The Balaban J connectivity index is 2.46. The van der Waals surface area contributed by atoms with E-state index in [1.54, 1.807) is 11.3 Å². The quantitative estimate of drug-likeness (QED) is 0.722. The molecule has 1 rings (SSSR count). The van der Waals surface area contributed by atoms with Crippen LogP contribution in [0.5, 0.6) is 0 Å². The summed E-state index contributed by atoms with van der Waals surface area (Å²) in [6.07, 6.45) is 1.94. The van der Waals surface area contributed by atoms with Gasteiger partial charge in [0.1, 0.15) is 5.01 Å². The fourth-order valence-electron chi connectivity index (χ4n) is 1.51. The Morgan fingerprint density at radius 3 is 2.94 bits per heavy atom. The monoisotopic (exact) mass is 253 g/mol. The normalized spacial score (nSPS) is 11.4. The molecule has 0 atom stereocenters. The lowest BCUT2D eigenvalue weighted by atomic mass is 10.4. The number of nitrogens with one attached hydrogen (secondary N) is 1. The molecule has 0 radical (unpaired) electrons. The first-order valence-electron chi connectivity index (χ1n) is 6.15. The highest BCUT2D eigenvalue weighted by Gasteiger charge is 2.06. The summed E-state index contributed by atoms with van der Waals surface area (Å²) in [7, 11) is 0. The number of aromatic nitrogens is 1. The lowest BCUT2D eigenvalue weighted by Gasteiger charge is -2.16. The van der Waals surface area contributed by atoms with Crippen LogP contribution in [0.1, 0.15) is 31.5 Å². The molecule has 0 aromatic carbocycles. The highest BCUT2D eigenvalue weighted by atomic mass is 32.1. The maximum absolute atomic E-state index is 4.63. The maximum atomic E-state index is 4.63. The number of likely N-dealkylation sites (N-methyl/N-ethyl adjacent to an activating group) is 1. The van der Waals surface area contributed by atoms with Crippen LogP contribution >= 0.6 is 11.3 Å². The average Bonchev–Trinajstić information content (AvgIpc) is 2.73. The minimum absolute atomic E-state index is 0.509. The summed E-state index contributed by atoms with van der Waals surface area (Å²) in [5, 5.41) is 6.71. The van der Waals surface area contributed by atoms with Gasteiger partial charge in [0.15, 0.2) is 0 Å². The van der Waals surface area contributed by atoms with Crippen LogP contribution in [-0.4, -0.2) is 29.0 Å². The topological polar surface area (TPSA) is 28.2 Å². The summed E-state index contributed by atoms with van der Waals surface area (Å²) in [4.78, 5) is 6.95. The van der Waals surface area contributed by atoms with Gasteiger partial charge in [0.2, 0.25) is 0 Å². The molecule has 0 aliphatic carbocycles. The molecule has 0 fully saturated rings. The van der Waals surface area contributed by atoms with Crippen molar-refractivity contribution in [3.63, 3.8) is 0 Å². The lowest BCUT2D eigenvalue weighted by molar-refractivity contribution is 0.308. The number of hydrogen-bond acceptors (Lipinski definition) is 4. The second-order valence-corrected chi connectivity index (χ2v) is 5.33. The summed E-state index contributed by atoms with van der Waals surface area (Å²) >= 11 is 1.74. The van der Waals surface area contributed by atoms with E-state index in [1.165, 1.54) is 10.7 Å². The van der Waals surface area contributed by atoms with Gasteiger partial charge in [-0.25, -0.2) is 4.98 Å². The predicted molar refractivity (Wildman–Crippen MR) is 75.2 cm³/mol. The molecule has 17 heavy (non-hydrogen) atoms. The second kappa shape index (κ2) is 7.58. The van der Waals surface area contributed by atoms with Crippen molar-refractivity contribution in [3.8, 4) is 0 Å². The molecule has 4 heteroatoms. The van der Waals surface area contributed by atoms with Crippen molar-refractivity contribution < 1.29 is 0 Å². The minimum Gasteiger partial charge on any atom is -0.308 e. The van der Waals surface area contributed by atoms with E-state index in [4.69, 9.17) is 0 Å². The van der Waals surface area contributed by atoms with Crippen molar-refractivity contribution in [2.24, 2.45) is 0 Å². The van der Waals surface area contributed by atoms with E-state index >= 15 is 0 Å². The van der Waals surface area contributed by atoms with E-state index in [9.17, 15) is 0 Å². The van der Waals surface area contributed by atoms with Crippen molar-refractivity contribution in [2.45, 2.75) is 39.9 Å². The van der Waals surface area contributed by atoms with Crippen LogP contribution in [0.4, 0.5) is 0 Å². The first-order valence-corrected chi connectivity index (χ1v) is 7.03. The third kappa shape index (κ3) is 5.44. The Morgan fingerprint density at radius 2 is 2.35 bits per heavy atom. The fraction of sp³-hybridized carbons (Fsp3) is 0.615. The maximum Gasteiger partial charge on any atom is 0.107 e. The number of nitrogens with zero attached hydrogens (tertiary/aromatic N) is 2. The smallest absolute Gasteiger partial charge is 0.107 e. The Hall–Kier alpha value is -0.710. The molecule has 0 saturated carbocycles. The summed E-state index contributed by atoms with van der Waals surface area (Å²) in [5.41, 5.74) is 1.17. The van der Waals surface area contributed by atoms with Gasteiger partial charge in [-0.1, -0.05) is 26.8 Å². The van der Waals surface area contributed by atoms with Gasteiger partial charge in [-0.05, 0) is 6.54 Å². The Kier molecular flexibility index (Phi) is 6.40. The lowest BCUT2D eigenvalue weighted by Crippen LogP contribution is -2.23. The van der Waals surface area contributed by atoms with Crippen molar-refractivity contribution >= 4 is 11.3 Å². The van der Waals surface area contributed by atoms with Crippen LogP contribution in [-0.2, 0) is 13.1 Å². The molecule has 0 aliphatic heterocycles. The van der Waals surface area contributed by atoms with E-state index in [-0.39, 0.29) is 0 Å². The third-order valence-electron chi connectivity index (χ3n) is 2.48. The SMILES string of the molecule is C=CCN(CC)Cc1csc(CNC(C)C)n1. The van der Waals surface area contributed by atoms with Crippen LogP contribution in [0.15, 0.2) is 18.0 Å². The summed E-state index contributed by atoms with van der Waals surface area (Å²) in [6.45, 7) is 14.0. The molecule has 1 aromatic heterocycles. The second-order valence-electron chi connectivity index (χ2n) is 4.38.